The van der Waals surface area contributed by atoms with Crippen molar-refractivity contribution in [3.63, 3.8) is 0 Å². The Morgan fingerprint density at radius 3 is 2.36 bits per heavy atom. The van der Waals surface area contributed by atoms with Gasteiger partial charge in [-0.3, -0.25) is 0 Å². The molecule has 0 aliphatic rings. The van der Waals surface area contributed by atoms with E-state index in [1.165, 1.54) is 0 Å². The van der Waals surface area contributed by atoms with E-state index in [9.17, 15) is 9.90 Å². The number of amides is 1. The number of carbonyl (C=O) groups excluding carboxylic acids is 1. The summed E-state index contributed by atoms with van der Waals surface area (Å²) in [4.78, 5) is 11.6. The van der Waals surface area contributed by atoms with E-state index >= 15 is 0 Å². The van der Waals surface area contributed by atoms with Gasteiger partial charge in [0.1, 0.15) is 11.4 Å². The van der Waals surface area contributed by atoms with Crippen LogP contribution in [-0.4, -0.2) is 29.4 Å². The second-order valence-electron chi connectivity index (χ2n) is 6.09. The highest BCUT2D eigenvalue weighted by Gasteiger charge is 2.17. The number of rotatable bonds is 5. The van der Waals surface area contributed by atoms with Gasteiger partial charge in [0, 0.05) is 19.1 Å². The van der Waals surface area contributed by atoms with E-state index in [1.54, 1.807) is 0 Å². The molecule has 1 aromatic rings. The number of alkyl carbamates (subject to hydrolysis) is 1. The normalized spacial score (nSPS) is 12.8. The van der Waals surface area contributed by atoms with E-state index < -0.39 is 11.7 Å². The van der Waals surface area contributed by atoms with Gasteiger partial charge < -0.3 is 20.5 Å². The number of carbonyl (C=O) groups is 1. The third-order valence-electron chi connectivity index (χ3n) is 2.62. The molecule has 1 aromatic carbocycles. The molecule has 1 rings (SSSR count). The number of phenols is 1. The molecule has 124 valence electrons. The molecule has 1 unspecified atom stereocenters. The molecule has 1 atom stereocenters. The highest BCUT2D eigenvalue weighted by atomic mass is 79.9. The van der Waals surface area contributed by atoms with Crippen molar-refractivity contribution in [2.24, 2.45) is 0 Å². The number of hydrogen-bond acceptors (Lipinski definition) is 4. The number of aromatic hydroxyl groups is 1. The number of ether oxygens (including phenoxy) is 1. The van der Waals surface area contributed by atoms with E-state index in [0.717, 1.165) is 5.56 Å². The average molecular weight is 438 g/mol. The zero-order chi connectivity index (χ0) is 16.9. The largest absolute Gasteiger partial charge is 0.506 e. The van der Waals surface area contributed by atoms with Crippen LogP contribution in [0.2, 0.25) is 0 Å². The lowest BCUT2D eigenvalue weighted by Gasteiger charge is -2.22. The van der Waals surface area contributed by atoms with Crippen LogP contribution in [0, 0.1) is 0 Å². The second-order valence-corrected chi connectivity index (χ2v) is 7.79. The van der Waals surface area contributed by atoms with Crippen LogP contribution in [0.25, 0.3) is 0 Å². The van der Waals surface area contributed by atoms with Crippen LogP contribution in [0.3, 0.4) is 0 Å². The summed E-state index contributed by atoms with van der Waals surface area (Å²) in [5.41, 5.74) is 0.517. The van der Waals surface area contributed by atoms with Crippen molar-refractivity contribution >= 4 is 38.0 Å². The molecule has 0 spiro atoms. The molecule has 5 nitrogen and oxygen atoms in total. The van der Waals surface area contributed by atoms with Gasteiger partial charge in [-0.25, -0.2) is 4.79 Å². The summed E-state index contributed by atoms with van der Waals surface area (Å²) in [5.74, 6) is 0.184. The predicted octanol–water partition coefficient (Wildman–Crippen LogP) is 3.92. The van der Waals surface area contributed by atoms with Crippen molar-refractivity contribution in [1.82, 2.24) is 10.6 Å². The van der Waals surface area contributed by atoms with Crippen molar-refractivity contribution in [2.75, 3.05) is 6.54 Å². The molecule has 0 heterocycles. The van der Waals surface area contributed by atoms with Crippen LogP contribution in [0.15, 0.2) is 21.1 Å². The monoisotopic (exact) mass is 436 g/mol. The highest BCUT2D eigenvalue weighted by molar-refractivity contribution is 9.11. The van der Waals surface area contributed by atoms with Gasteiger partial charge in [0.15, 0.2) is 0 Å². The summed E-state index contributed by atoms with van der Waals surface area (Å²) in [6.45, 7) is 8.62. The van der Waals surface area contributed by atoms with Gasteiger partial charge in [-0.05, 0) is 77.3 Å². The standard InChI is InChI=1S/C15H22Br2N2O3/c1-9(19-14(21)22-15(2,3)4)7-18-8-10-5-11(16)13(20)12(17)6-10/h5-6,9,18,20H,7-8H2,1-4H3,(H,19,21). The smallest absolute Gasteiger partial charge is 0.407 e. The molecule has 0 saturated heterocycles. The zero-order valence-electron chi connectivity index (χ0n) is 13.2. The fourth-order valence-corrected chi connectivity index (χ4v) is 2.99. The molecular formula is C15H22Br2N2O3. The van der Waals surface area contributed by atoms with E-state index in [2.05, 4.69) is 42.5 Å². The fraction of sp³-hybridized carbons (Fsp3) is 0.533. The van der Waals surface area contributed by atoms with Crippen molar-refractivity contribution < 1.29 is 14.6 Å². The van der Waals surface area contributed by atoms with Gasteiger partial charge in [0.2, 0.25) is 0 Å². The van der Waals surface area contributed by atoms with Crippen molar-refractivity contribution in [3.8, 4) is 5.75 Å². The lowest BCUT2D eigenvalue weighted by molar-refractivity contribution is 0.0508. The van der Waals surface area contributed by atoms with Gasteiger partial charge in [-0.2, -0.15) is 0 Å². The first kappa shape index (κ1) is 19.3. The summed E-state index contributed by atoms with van der Waals surface area (Å²) in [7, 11) is 0. The molecule has 0 aliphatic carbocycles. The van der Waals surface area contributed by atoms with Crippen LogP contribution in [0.4, 0.5) is 4.79 Å². The van der Waals surface area contributed by atoms with Crippen molar-refractivity contribution in [2.45, 2.75) is 45.9 Å². The Morgan fingerprint density at radius 2 is 1.86 bits per heavy atom. The molecule has 3 N–H and O–H groups in total. The van der Waals surface area contributed by atoms with Crippen molar-refractivity contribution in [3.05, 3.63) is 26.6 Å². The summed E-state index contributed by atoms with van der Waals surface area (Å²) in [5, 5.41) is 15.7. The molecule has 0 fully saturated rings. The quantitative estimate of drug-likeness (QED) is 0.652. The van der Waals surface area contributed by atoms with Crippen LogP contribution in [0.5, 0.6) is 5.75 Å². The molecule has 0 saturated carbocycles. The minimum absolute atomic E-state index is 0.0566. The lowest BCUT2D eigenvalue weighted by atomic mass is 10.2. The first-order chi connectivity index (χ1) is 10.1. The lowest BCUT2D eigenvalue weighted by Crippen LogP contribution is -2.42. The zero-order valence-corrected chi connectivity index (χ0v) is 16.3. The van der Waals surface area contributed by atoms with E-state index in [1.807, 2.05) is 39.8 Å². The average Bonchev–Trinajstić information content (AvgIpc) is 2.33. The summed E-state index contributed by atoms with van der Waals surface area (Å²) >= 11 is 6.59. The minimum Gasteiger partial charge on any atom is -0.506 e. The Kier molecular flexibility index (Phi) is 7.15. The Balaban J connectivity index is 2.39. The van der Waals surface area contributed by atoms with Crippen LogP contribution >= 0.6 is 31.9 Å². The number of halogens is 2. The Morgan fingerprint density at radius 1 is 1.32 bits per heavy atom. The SMILES string of the molecule is CC(CNCc1cc(Br)c(O)c(Br)c1)NC(=O)OC(C)(C)C. The van der Waals surface area contributed by atoms with Gasteiger partial charge in [0.05, 0.1) is 8.95 Å². The third-order valence-corrected chi connectivity index (χ3v) is 3.83. The first-order valence-corrected chi connectivity index (χ1v) is 8.54. The maximum atomic E-state index is 11.6. The van der Waals surface area contributed by atoms with Gasteiger partial charge in [-0.15, -0.1) is 0 Å². The van der Waals surface area contributed by atoms with E-state index in [-0.39, 0.29) is 11.8 Å². The van der Waals surface area contributed by atoms with E-state index in [0.29, 0.717) is 22.0 Å². The molecule has 1 amide bonds. The van der Waals surface area contributed by atoms with Gasteiger partial charge in [0.25, 0.3) is 0 Å². The van der Waals surface area contributed by atoms with E-state index in [4.69, 9.17) is 4.74 Å². The maximum Gasteiger partial charge on any atom is 0.407 e. The number of phenolic OH excluding ortho intramolecular Hbond substituents is 1. The van der Waals surface area contributed by atoms with Gasteiger partial charge >= 0.3 is 6.09 Å². The summed E-state index contributed by atoms with van der Waals surface area (Å²) in [6.07, 6.45) is -0.420. The number of hydrogen-bond donors (Lipinski definition) is 3. The molecule has 0 aliphatic heterocycles. The molecule has 7 heteroatoms. The summed E-state index contributed by atoms with van der Waals surface area (Å²) in [6, 6.07) is 3.64. The number of nitrogens with one attached hydrogen (secondary N) is 2. The van der Waals surface area contributed by atoms with Crippen LogP contribution < -0.4 is 10.6 Å². The molecule has 0 aromatic heterocycles. The molecule has 0 radical (unpaired) electrons. The fourth-order valence-electron chi connectivity index (χ4n) is 1.71. The van der Waals surface area contributed by atoms with Crippen molar-refractivity contribution in [1.29, 1.82) is 0 Å². The topological polar surface area (TPSA) is 70.6 Å². The predicted molar refractivity (Wildman–Crippen MR) is 94.0 cm³/mol. The minimum atomic E-state index is -0.498. The molecule has 0 bridgehead atoms. The molecular weight excluding hydrogens is 416 g/mol. The Hall–Kier alpha value is -0.790. The Labute approximate surface area is 148 Å². The highest BCUT2D eigenvalue weighted by Crippen LogP contribution is 2.33. The first-order valence-electron chi connectivity index (χ1n) is 6.95. The Bertz CT molecular complexity index is 507. The molecule has 22 heavy (non-hydrogen) atoms. The third kappa shape index (κ3) is 6.98. The van der Waals surface area contributed by atoms with Gasteiger partial charge in [-0.1, -0.05) is 0 Å². The number of benzene rings is 1. The van der Waals surface area contributed by atoms with Crippen LogP contribution in [0.1, 0.15) is 33.3 Å². The summed E-state index contributed by atoms with van der Waals surface area (Å²) < 4.78 is 6.47. The maximum absolute atomic E-state index is 11.6. The second kappa shape index (κ2) is 8.17. The van der Waals surface area contributed by atoms with Crippen LogP contribution in [-0.2, 0) is 11.3 Å².